The number of hydrogen-bond donors (Lipinski definition) is 1. The molecule has 0 saturated carbocycles. The van der Waals surface area contributed by atoms with Crippen molar-refractivity contribution in [3.05, 3.63) is 86.5 Å². The van der Waals surface area contributed by atoms with Crippen molar-refractivity contribution in [2.24, 2.45) is 5.92 Å². The molecular formula is C31H30N5O8-. The maximum atomic E-state index is 13.9. The molecule has 5 heterocycles. The molecule has 1 aromatic heterocycles. The van der Waals surface area contributed by atoms with Crippen LogP contribution in [0.3, 0.4) is 0 Å². The summed E-state index contributed by atoms with van der Waals surface area (Å²) in [7, 11) is 2.96. The van der Waals surface area contributed by atoms with Gasteiger partial charge in [0.15, 0.2) is 11.5 Å². The summed E-state index contributed by atoms with van der Waals surface area (Å²) in [6, 6.07) is 13.4. The zero-order chi connectivity index (χ0) is 30.9. The number of fused-ring (bicyclic) bond motifs is 9. The van der Waals surface area contributed by atoms with Crippen molar-refractivity contribution in [1.29, 1.82) is 0 Å². The molecule has 0 aliphatic carbocycles. The number of anilines is 2. The van der Waals surface area contributed by atoms with Gasteiger partial charge in [0.25, 0.3) is 17.4 Å². The topological polar surface area (TPSA) is 148 Å². The number of piperidine rings is 1. The molecule has 0 radical (unpaired) electrons. The Morgan fingerprint density at radius 1 is 1.00 bits per heavy atom. The Kier molecular flexibility index (Phi) is 6.59. The first-order chi connectivity index (χ1) is 21.2. The minimum absolute atomic E-state index is 0.00212. The molecule has 4 aliphatic heterocycles. The molecule has 2 aromatic carbocycles. The number of likely N-dealkylation sites (tertiary alicyclic amines) is 1. The maximum Gasteiger partial charge on any atom is 0.275 e. The number of amides is 3. The van der Waals surface area contributed by atoms with Crippen LogP contribution in [-0.2, 0) is 11.3 Å². The minimum Gasteiger partial charge on any atom is -0.733 e. The summed E-state index contributed by atoms with van der Waals surface area (Å²) in [6.07, 6.45) is 0.0784. The summed E-state index contributed by atoms with van der Waals surface area (Å²) in [6.45, 7) is 1.23. The molecule has 44 heavy (non-hydrogen) atoms. The molecule has 3 atom stereocenters. The smallest absolute Gasteiger partial charge is 0.275 e. The van der Waals surface area contributed by atoms with Gasteiger partial charge in [0.05, 0.1) is 31.0 Å². The lowest BCUT2D eigenvalue weighted by Crippen LogP contribution is -2.51. The second-order valence-corrected chi connectivity index (χ2v) is 11.5. The Morgan fingerprint density at radius 2 is 1.80 bits per heavy atom. The van der Waals surface area contributed by atoms with Crippen LogP contribution in [0.2, 0.25) is 0 Å². The number of methoxy groups -OCH3 is 2. The first-order valence-corrected chi connectivity index (χ1v) is 14.4. The van der Waals surface area contributed by atoms with Gasteiger partial charge in [0.1, 0.15) is 11.9 Å². The number of pyridine rings is 1. The van der Waals surface area contributed by atoms with E-state index in [1.54, 1.807) is 57.2 Å². The van der Waals surface area contributed by atoms with Crippen molar-refractivity contribution in [1.82, 2.24) is 14.4 Å². The van der Waals surface area contributed by atoms with E-state index in [-0.39, 0.29) is 48.2 Å². The number of aromatic nitrogens is 1. The molecule has 1 saturated heterocycles. The number of hydrogen-bond acceptors (Lipinski definition) is 9. The molecule has 7 rings (SSSR count). The van der Waals surface area contributed by atoms with E-state index < -0.39 is 17.0 Å². The Balaban J connectivity index is 1.16. The molecule has 13 nitrogen and oxygen atoms in total. The standard InChI is InChI=1S/C31H30N5O8/c1-43-24-10-7-20-26(27(24)44-2)31(40)35-22-6-4-3-5-19(22)29(38)33(28(20)35)12-11-25(37)32-14-17-13-18(16-32)21-8-9-23(36(41)42)30(39)34(21)15-17/h3-10,17-18,28,41H,11-16H2,1-2H3/q-1. The minimum atomic E-state index is -0.756. The van der Waals surface area contributed by atoms with E-state index in [4.69, 9.17) is 9.47 Å². The van der Waals surface area contributed by atoms with Gasteiger partial charge in [-0.15, -0.1) is 0 Å². The summed E-state index contributed by atoms with van der Waals surface area (Å²) < 4.78 is 12.5. The number of carbonyl (C=O) groups is 3. The van der Waals surface area contributed by atoms with Crippen molar-refractivity contribution < 1.29 is 29.1 Å². The first-order valence-electron chi connectivity index (χ1n) is 14.4. The summed E-state index contributed by atoms with van der Waals surface area (Å²) in [5.74, 6) is -0.147. The quantitative estimate of drug-likeness (QED) is 0.422. The molecule has 3 aromatic rings. The van der Waals surface area contributed by atoms with Gasteiger partial charge in [-0.3, -0.25) is 29.3 Å². The number of rotatable bonds is 6. The van der Waals surface area contributed by atoms with Crippen LogP contribution in [0, 0.1) is 11.1 Å². The highest BCUT2D eigenvalue weighted by atomic mass is 16.8. The van der Waals surface area contributed by atoms with E-state index in [9.17, 15) is 29.6 Å². The molecule has 228 valence electrons. The lowest BCUT2D eigenvalue weighted by atomic mass is 9.83. The van der Waals surface area contributed by atoms with Gasteiger partial charge >= 0.3 is 0 Å². The molecule has 13 heteroatoms. The van der Waals surface area contributed by atoms with E-state index in [0.717, 1.165) is 12.1 Å². The number of para-hydroxylation sites is 1. The summed E-state index contributed by atoms with van der Waals surface area (Å²) in [5.41, 5.74) is 1.61. The zero-order valence-corrected chi connectivity index (χ0v) is 24.1. The van der Waals surface area contributed by atoms with Gasteiger partial charge in [0, 0.05) is 49.8 Å². The van der Waals surface area contributed by atoms with Crippen LogP contribution in [0.1, 0.15) is 56.9 Å². The Hall–Kier alpha value is -4.88. The number of benzene rings is 2. The fraction of sp³-hybridized carbons (Fsp3) is 0.355. The van der Waals surface area contributed by atoms with Gasteiger partial charge in [-0.25, -0.2) is 0 Å². The van der Waals surface area contributed by atoms with Gasteiger partial charge in [-0.2, -0.15) is 0 Å². The van der Waals surface area contributed by atoms with E-state index >= 15 is 0 Å². The van der Waals surface area contributed by atoms with Gasteiger partial charge in [0.2, 0.25) is 5.91 Å². The average molecular weight is 601 g/mol. The SMILES string of the molecule is COc1ccc2c(c1OC)C(=O)N1c3ccccc3C(=O)N(CCC(=O)N3CC4CC(C3)c3ccc(N([O-])O)c(=O)n3C4)C21. The highest BCUT2D eigenvalue weighted by Gasteiger charge is 2.49. The van der Waals surface area contributed by atoms with Crippen LogP contribution in [-0.4, -0.2) is 71.1 Å². The first kappa shape index (κ1) is 27.9. The molecule has 3 unspecified atom stereocenters. The van der Waals surface area contributed by atoms with Crippen molar-refractivity contribution in [2.45, 2.75) is 31.5 Å². The number of ether oxygens (including phenoxy) is 2. The van der Waals surface area contributed by atoms with Crippen molar-refractivity contribution >= 4 is 29.1 Å². The predicted molar refractivity (Wildman–Crippen MR) is 157 cm³/mol. The van der Waals surface area contributed by atoms with Gasteiger partial charge < -0.3 is 34.3 Å². The van der Waals surface area contributed by atoms with Crippen molar-refractivity contribution in [3.8, 4) is 11.5 Å². The monoisotopic (exact) mass is 600 g/mol. The van der Waals surface area contributed by atoms with E-state index in [1.165, 1.54) is 24.9 Å². The molecule has 1 N–H and O–H groups in total. The fourth-order valence-corrected chi connectivity index (χ4v) is 7.31. The van der Waals surface area contributed by atoms with E-state index in [0.29, 0.717) is 53.5 Å². The molecule has 2 bridgehead atoms. The Labute approximate surface area is 251 Å². The number of nitrogens with zero attached hydrogens (tertiary/aromatic N) is 5. The average Bonchev–Trinajstić information content (AvgIpc) is 3.32. The number of carbonyl (C=O) groups excluding carboxylic acids is 3. The van der Waals surface area contributed by atoms with Gasteiger partial charge in [-0.1, -0.05) is 18.2 Å². The Bertz CT molecular complexity index is 1770. The normalized spacial score (nSPS) is 21.4. The fourth-order valence-electron chi connectivity index (χ4n) is 7.31. The van der Waals surface area contributed by atoms with E-state index in [2.05, 4.69) is 0 Å². The van der Waals surface area contributed by atoms with Crippen LogP contribution in [0.4, 0.5) is 11.4 Å². The molecular weight excluding hydrogens is 570 g/mol. The van der Waals surface area contributed by atoms with E-state index in [1.807, 2.05) is 0 Å². The molecule has 1 fully saturated rings. The summed E-state index contributed by atoms with van der Waals surface area (Å²) in [4.78, 5) is 59.1. The largest absolute Gasteiger partial charge is 0.733 e. The van der Waals surface area contributed by atoms with Crippen LogP contribution in [0.15, 0.2) is 53.3 Å². The zero-order valence-electron chi connectivity index (χ0n) is 24.1. The summed E-state index contributed by atoms with van der Waals surface area (Å²) in [5, 5.41) is 20.3. The third-order valence-corrected chi connectivity index (χ3v) is 9.19. The summed E-state index contributed by atoms with van der Waals surface area (Å²) >= 11 is 0. The van der Waals surface area contributed by atoms with Crippen LogP contribution < -0.4 is 25.2 Å². The lowest BCUT2D eigenvalue weighted by molar-refractivity contribution is -0.134. The second-order valence-electron chi connectivity index (χ2n) is 11.5. The highest BCUT2D eigenvalue weighted by molar-refractivity contribution is 6.18. The molecule has 4 aliphatic rings. The third-order valence-electron chi connectivity index (χ3n) is 9.19. The van der Waals surface area contributed by atoms with Crippen molar-refractivity contribution in [2.75, 3.05) is 44.0 Å². The Morgan fingerprint density at radius 3 is 2.55 bits per heavy atom. The molecule has 0 spiro atoms. The van der Waals surface area contributed by atoms with Crippen LogP contribution >= 0.6 is 0 Å². The predicted octanol–water partition coefficient (Wildman–Crippen LogP) is 2.71. The second kappa shape index (κ2) is 10.4. The lowest BCUT2D eigenvalue weighted by Gasteiger charge is -2.44. The van der Waals surface area contributed by atoms with Crippen LogP contribution in [0.5, 0.6) is 11.5 Å². The van der Waals surface area contributed by atoms with Crippen molar-refractivity contribution in [3.63, 3.8) is 0 Å². The van der Waals surface area contributed by atoms with Crippen LogP contribution in [0.25, 0.3) is 0 Å². The maximum absolute atomic E-state index is 13.9. The molecule has 3 amide bonds. The highest BCUT2D eigenvalue weighted by Crippen LogP contribution is 2.49. The van der Waals surface area contributed by atoms with Gasteiger partial charge in [-0.05, 0) is 42.7 Å². The third kappa shape index (κ3) is 4.07.